The topological polar surface area (TPSA) is 23.6 Å². The minimum Gasteiger partial charge on any atom is -0.358 e. The molecule has 0 unspecified atom stereocenters. The van der Waals surface area contributed by atoms with Gasteiger partial charge in [-0.25, -0.2) is 0 Å². The first-order valence-electron chi connectivity index (χ1n) is 7.07. The average molecular weight is 377 g/mol. The lowest BCUT2D eigenvalue weighted by Crippen LogP contribution is -2.30. The van der Waals surface area contributed by atoms with Crippen molar-refractivity contribution in [2.24, 2.45) is 0 Å². The zero-order valence-corrected chi connectivity index (χ0v) is 15.5. The van der Waals surface area contributed by atoms with Crippen LogP contribution in [0, 0.1) is 0 Å². The summed E-state index contributed by atoms with van der Waals surface area (Å²) in [7, 11) is 1.78. The molecular formula is C15H18Cl2N2OS2. The van der Waals surface area contributed by atoms with Crippen LogP contribution in [0.15, 0.2) is 18.2 Å². The van der Waals surface area contributed by atoms with Crippen molar-refractivity contribution >= 4 is 57.4 Å². The lowest BCUT2D eigenvalue weighted by atomic mass is 10.2. The molecule has 1 saturated heterocycles. The summed E-state index contributed by atoms with van der Waals surface area (Å²) < 4.78 is 0.828. The molecule has 0 saturated carbocycles. The van der Waals surface area contributed by atoms with Gasteiger partial charge in [0.2, 0.25) is 5.91 Å². The van der Waals surface area contributed by atoms with Gasteiger partial charge in [0, 0.05) is 26.7 Å². The van der Waals surface area contributed by atoms with E-state index >= 15 is 0 Å². The lowest BCUT2D eigenvalue weighted by molar-refractivity contribution is -0.127. The monoisotopic (exact) mass is 376 g/mol. The molecule has 7 heteroatoms. The molecule has 0 atom stereocenters. The Labute approximate surface area is 150 Å². The number of thiocarbonyl (C=S) groups is 1. The maximum absolute atomic E-state index is 12.2. The lowest BCUT2D eigenvalue weighted by Gasteiger charge is -2.20. The number of thioether (sulfide) groups is 1. The van der Waals surface area contributed by atoms with Crippen LogP contribution in [0.4, 0.5) is 0 Å². The number of amides is 1. The Hall–Kier alpha value is -0.490. The number of benzene rings is 1. The molecule has 0 aromatic heterocycles. The van der Waals surface area contributed by atoms with Gasteiger partial charge in [-0.05, 0) is 30.5 Å². The molecule has 1 heterocycles. The van der Waals surface area contributed by atoms with E-state index in [0.717, 1.165) is 23.0 Å². The highest BCUT2D eigenvalue weighted by Gasteiger charge is 2.17. The maximum Gasteiger partial charge on any atom is 0.233 e. The number of halogens is 2. The molecule has 3 nitrogen and oxygen atoms in total. The molecule has 1 fully saturated rings. The molecule has 0 spiro atoms. The summed E-state index contributed by atoms with van der Waals surface area (Å²) in [6, 6.07) is 5.41. The van der Waals surface area contributed by atoms with Crippen LogP contribution in [0.25, 0.3) is 0 Å². The summed E-state index contributed by atoms with van der Waals surface area (Å²) in [5.41, 5.74) is 0.956. The minimum atomic E-state index is 0.0534. The summed E-state index contributed by atoms with van der Waals surface area (Å²) >= 11 is 18.7. The Bertz CT molecular complexity index is 562. The Balaban J connectivity index is 1.81. The normalized spacial score (nSPS) is 14.2. The van der Waals surface area contributed by atoms with Crippen molar-refractivity contribution in [1.29, 1.82) is 0 Å². The van der Waals surface area contributed by atoms with E-state index in [1.165, 1.54) is 24.6 Å². The molecule has 1 aliphatic heterocycles. The van der Waals surface area contributed by atoms with Crippen LogP contribution >= 0.6 is 47.2 Å². The molecule has 0 N–H and O–H groups in total. The Morgan fingerprint density at radius 2 is 2.00 bits per heavy atom. The zero-order chi connectivity index (χ0) is 16.1. The van der Waals surface area contributed by atoms with E-state index < -0.39 is 0 Å². The van der Waals surface area contributed by atoms with Gasteiger partial charge in [0.1, 0.15) is 4.32 Å². The highest BCUT2D eigenvalue weighted by atomic mass is 35.5. The van der Waals surface area contributed by atoms with Crippen LogP contribution in [0.2, 0.25) is 10.0 Å². The predicted octanol–water partition coefficient (Wildman–Crippen LogP) is 4.07. The molecule has 0 radical (unpaired) electrons. The van der Waals surface area contributed by atoms with Gasteiger partial charge < -0.3 is 9.80 Å². The first-order valence-corrected chi connectivity index (χ1v) is 9.22. The smallest absolute Gasteiger partial charge is 0.233 e. The predicted molar refractivity (Wildman–Crippen MR) is 98.8 cm³/mol. The number of rotatable bonds is 4. The van der Waals surface area contributed by atoms with E-state index in [9.17, 15) is 4.79 Å². The SMILES string of the molecule is CN(Cc1ccc(Cl)c(Cl)c1)C(=O)CSC(=S)N1CCCC1. The summed E-state index contributed by atoms with van der Waals surface area (Å²) in [6.07, 6.45) is 2.37. The van der Waals surface area contributed by atoms with E-state index in [1.807, 2.05) is 6.07 Å². The van der Waals surface area contributed by atoms with E-state index in [4.69, 9.17) is 35.4 Å². The number of carbonyl (C=O) groups excluding carboxylic acids is 1. The van der Waals surface area contributed by atoms with Crippen LogP contribution in [0.1, 0.15) is 18.4 Å². The van der Waals surface area contributed by atoms with Crippen molar-refractivity contribution < 1.29 is 4.79 Å². The van der Waals surface area contributed by atoms with Crippen LogP contribution in [0.5, 0.6) is 0 Å². The van der Waals surface area contributed by atoms with Crippen molar-refractivity contribution in [1.82, 2.24) is 9.80 Å². The minimum absolute atomic E-state index is 0.0534. The third-order valence-corrected chi connectivity index (χ3v) is 5.76. The standard InChI is InChI=1S/C15H18Cl2N2OS2/c1-18(9-11-4-5-12(16)13(17)8-11)14(20)10-22-15(21)19-6-2-3-7-19/h4-5,8H,2-3,6-7,9-10H2,1H3. The molecular weight excluding hydrogens is 359 g/mol. The second-order valence-corrected chi connectivity index (χ2v) is 7.67. The fourth-order valence-electron chi connectivity index (χ4n) is 2.22. The first kappa shape index (κ1) is 17.9. The van der Waals surface area contributed by atoms with E-state index in [0.29, 0.717) is 22.3 Å². The van der Waals surface area contributed by atoms with E-state index in [1.54, 1.807) is 24.1 Å². The molecule has 1 amide bonds. The van der Waals surface area contributed by atoms with Crippen LogP contribution in [0.3, 0.4) is 0 Å². The third kappa shape index (κ3) is 5.01. The fourth-order valence-corrected chi connectivity index (χ4v) is 3.74. The van der Waals surface area contributed by atoms with Crippen molar-refractivity contribution in [2.45, 2.75) is 19.4 Å². The van der Waals surface area contributed by atoms with Crippen molar-refractivity contribution in [2.75, 3.05) is 25.9 Å². The van der Waals surface area contributed by atoms with Crippen LogP contribution in [-0.2, 0) is 11.3 Å². The van der Waals surface area contributed by atoms with Gasteiger partial charge >= 0.3 is 0 Å². The largest absolute Gasteiger partial charge is 0.358 e. The number of carbonyl (C=O) groups is 1. The summed E-state index contributed by atoms with van der Waals surface area (Å²) in [4.78, 5) is 16.0. The third-order valence-electron chi connectivity index (χ3n) is 3.51. The fraction of sp³-hybridized carbons (Fsp3) is 0.467. The quantitative estimate of drug-likeness (QED) is 0.739. The second-order valence-electron chi connectivity index (χ2n) is 5.25. The molecule has 2 rings (SSSR count). The molecule has 1 aromatic rings. The zero-order valence-electron chi connectivity index (χ0n) is 12.3. The number of hydrogen-bond acceptors (Lipinski definition) is 3. The molecule has 0 aliphatic carbocycles. The Morgan fingerprint density at radius 3 is 2.64 bits per heavy atom. The average Bonchev–Trinajstić information content (AvgIpc) is 3.02. The highest BCUT2D eigenvalue weighted by molar-refractivity contribution is 8.23. The molecule has 120 valence electrons. The summed E-state index contributed by atoms with van der Waals surface area (Å²) in [5.74, 6) is 0.422. The van der Waals surface area contributed by atoms with Crippen molar-refractivity contribution in [3.05, 3.63) is 33.8 Å². The van der Waals surface area contributed by atoms with Gasteiger partial charge in [-0.15, -0.1) is 0 Å². The van der Waals surface area contributed by atoms with Crippen molar-refractivity contribution in [3.8, 4) is 0 Å². The number of likely N-dealkylation sites (tertiary alicyclic amines) is 1. The highest BCUT2D eigenvalue weighted by Crippen LogP contribution is 2.23. The van der Waals surface area contributed by atoms with E-state index in [2.05, 4.69) is 4.90 Å². The Kier molecular flexibility index (Phi) is 6.81. The summed E-state index contributed by atoms with van der Waals surface area (Å²) in [5, 5.41) is 1.02. The first-order chi connectivity index (χ1) is 10.5. The van der Waals surface area contributed by atoms with E-state index in [-0.39, 0.29) is 5.91 Å². The molecule has 1 aromatic carbocycles. The molecule has 22 heavy (non-hydrogen) atoms. The molecule has 0 bridgehead atoms. The molecule has 1 aliphatic rings. The maximum atomic E-state index is 12.2. The number of hydrogen-bond donors (Lipinski definition) is 0. The van der Waals surface area contributed by atoms with Crippen LogP contribution < -0.4 is 0 Å². The second kappa shape index (κ2) is 8.39. The summed E-state index contributed by atoms with van der Waals surface area (Å²) in [6.45, 7) is 2.53. The van der Waals surface area contributed by atoms with Gasteiger partial charge in [-0.3, -0.25) is 4.79 Å². The van der Waals surface area contributed by atoms with Gasteiger partial charge in [0.25, 0.3) is 0 Å². The Morgan fingerprint density at radius 1 is 1.32 bits per heavy atom. The van der Waals surface area contributed by atoms with Gasteiger partial charge in [-0.2, -0.15) is 0 Å². The van der Waals surface area contributed by atoms with Crippen LogP contribution in [-0.4, -0.2) is 45.9 Å². The van der Waals surface area contributed by atoms with Crippen molar-refractivity contribution in [3.63, 3.8) is 0 Å². The van der Waals surface area contributed by atoms with Gasteiger partial charge in [-0.1, -0.05) is 53.2 Å². The van der Waals surface area contributed by atoms with Gasteiger partial charge in [0.05, 0.1) is 15.8 Å². The van der Waals surface area contributed by atoms with Gasteiger partial charge in [0.15, 0.2) is 0 Å². The number of nitrogens with zero attached hydrogens (tertiary/aromatic N) is 2.